The van der Waals surface area contributed by atoms with Crippen LogP contribution in [0.25, 0.3) is 0 Å². The number of halogens is 2. The summed E-state index contributed by atoms with van der Waals surface area (Å²) in [7, 11) is 0. The molecule has 1 N–H and O–H groups in total. The Hall–Kier alpha value is -2.51. The van der Waals surface area contributed by atoms with Gasteiger partial charge in [0.1, 0.15) is 5.75 Å². The SMILES string of the molecule is CC(C)(C)N1C(=O)C2CC=C3C(c4cc(Cl)ccc4O)C4=C(CC3C2C1=O)C(=O)C(Br)=CC4=O. The van der Waals surface area contributed by atoms with Gasteiger partial charge in [-0.2, -0.15) is 0 Å². The number of likely N-dealkylation sites (tertiary alicyclic amines) is 1. The summed E-state index contributed by atoms with van der Waals surface area (Å²) < 4.78 is 0.162. The first kappa shape index (κ1) is 23.2. The highest BCUT2D eigenvalue weighted by Crippen LogP contribution is 2.56. The van der Waals surface area contributed by atoms with E-state index < -0.39 is 29.2 Å². The lowest BCUT2D eigenvalue weighted by molar-refractivity contribution is -0.145. The number of carbonyl (C=O) groups is 4. The monoisotopic (exact) mass is 543 g/mol. The number of phenolic OH excluding ortho intramolecular Hbond substituents is 1. The molecule has 1 aromatic rings. The lowest BCUT2D eigenvalue weighted by Crippen LogP contribution is -2.46. The second-order valence-electron chi connectivity index (χ2n) is 10.3. The average molecular weight is 545 g/mol. The number of benzene rings is 1. The highest BCUT2D eigenvalue weighted by Gasteiger charge is 2.58. The number of ketones is 2. The first-order valence-electron chi connectivity index (χ1n) is 11.2. The molecule has 0 spiro atoms. The summed E-state index contributed by atoms with van der Waals surface area (Å²) in [6.45, 7) is 5.48. The van der Waals surface area contributed by atoms with Crippen LogP contribution in [0.2, 0.25) is 5.02 Å². The van der Waals surface area contributed by atoms with Gasteiger partial charge in [0.25, 0.3) is 0 Å². The van der Waals surface area contributed by atoms with Crippen LogP contribution in [-0.2, 0) is 19.2 Å². The Morgan fingerprint density at radius 3 is 2.47 bits per heavy atom. The van der Waals surface area contributed by atoms with Crippen molar-refractivity contribution in [3.8, 4) is 5.75 Å². The molecule has 6 nitrogen and oxygen atoms in total. The number of amides is 2. The minimum Gasteiger partial charge on any atom is -0.508 e. The quantitative estimate of drug-likeness (QED) is 0.317. The molecule has 0 bridgehead atoms. The number of fused-ring (bicyclic) bond motifs is 3. The van der Waals surface area contributed by atoms with Crippen molar-refractivity contribution in [2.45, 2.75) is 45.1 Å². The van der Waals surface area contributed by atoms with Crippen molar-refractivity contribution in [1.82, 2.24) is 4.90 Å². The Morgan fingerprint density at radius 1 is 1.09 bits per heavy atom. The van der Waals surface area contributed by atoms with E-state index in [1.807, 2.05) is 26.8 Å². The number of aromatic hydroxyl groups is 1. The van der Waals surface area contributed by atoms with Crippen molar-refractivity contribution in [2.24, 2.45) is 17.8 Å². The smallest absolute Gasteiger partial charge is 0.234 e. The van der Waals surface area contributed by atoms with E-state index >= 15 is 0 Å². The van der Waals surface area contributed by atoms with Gasteiger partial charge in [0.15, 0.2) is 11.6 Å². The maximum Gasteiger partial charge on any atom is 0.234 e. The fourth-order valence-corrected chi connectivity index (χ4v) is 6.61. The summed E-state index contributed by atoms with van der Waals surface area (Å²) in [6.07, 6.45) is 3.72. The second kappa shape index (κ2) is 7.75. The molecule has 3 aliphatic carbocycles. The summed E-state index contributed by atoms with van der Waals surface area (Å²) in [5.74, 6) is -3.45. The van der Waals surface area contributed by atoms with Crippen LogP contribution in [0.5, 0.6) is 5.75 Å². The first-order valence-corrected chi connectivity index (χ1v) is 12.3. The number of carbonyl (C=O) groups excluding carboxylic acids is 4. The number of allylic oxidation sites excluding steroid dienone is 6. The molecule has 0 radical (unpaired) electrons. The van der Waals surface area contributed by atoms with Crippen molar-refractivity contribution < 1.29 is 24.3 Å². The number of hydrogen-bond donors (Lipinski definition) is 1. The molecular weight excluding hydrogens is 522 g/mol. The topological polar surface area (TPSA) is 91.8 Å². The van der Waals surface area contributed by atoms with Gasteiger partial charge in [-0.3, -0.25) is 24.1 Å². The summed E-state index contributed by atoms with van der Waals surface area (Å²) in [4.78, 5) is 54.5. The molecule has 34 heavy (non-hydrogen) atoms. The highest BCUT2D eigenvalue weighted by atomic mass is 79.9. The Morgan fingerprint density at radius 2 is 1.79 bits per heavy atom. The van der Waals surface area contributed by atoms with Gasteiger partial charge < -0.3 is 5.11 Å². The fraction of sp³-hybridized carbons (Fsp3) is 0.385. The van der Waals surface area contributed by atoms with Gasteiger partial charge in [-0.25, -0.2) is 0 Å². The van der Waals surface area contributed by atoms with Crippen LogP contribution in [0.1, 0.15) is 45.1 Å². The van der Waals surface area contributed by atoms with Crippen LogP contribution in [-0.4, -0.2) is 38.9 Å². The Labute approximate surface area is 210 Å². The summed E-state index contributed by atoms with van der Waals surface area (Å²) >= 11 is 9.45. The average Bonchev–Trinajstić information content (AvgIpc) is 3.02. The zero-order valence-electron chi connectivity index (χ0n) is 18.9. The minimum atomic E-state index is -0.728. The van der Waals surface area contributed by atoms with Gasteiger partial charge in [0, 0.05) is 39.3 Å². The molecule has 1 aromatic carbocycles. The second-order valence-corrected chi connectivity index (χ2v) is 11.6. The summed E-state index contributed by atoms with van der Waals surface area (Å²) in [6, 6.07) is 4.60. The zero-order valence-corrected chi connectivity index (χ0v) is 21.2. The molecule has 5 rings (SSSR count). The van der Waals surface area contributed by atoms with E-state index in [9.17, 15) is 24.3 Å². The number of Topliss-reactive ketones (excluding diaryl/α,β-unsaturated/α-hetero) is 1. The molecule has 1 saturated heterocycles. The van der Waals surface area contributed by atoms with E-state index in [1.54, 1.807) is 12.1 Å². The van der Waals surface area contributed by atoms with E-state index in [2.05, 4.69) is 15.9 Å². The Kier molecular flexibility index (Phi) is 5.30. The van der Waals surface area contributed by atoms with Gasteiger partial charge in [0.05, 0.1) is 16.3 Å². The van der Waals surface area contributed by atoms with Crippen LogP contribution in [0.4, 0.5) is 0 Å². The van der Waals surface area contributed by atoms with Crippen LogP contribution < -0.4 is 0 Å². The normalized spacial score (nSPS) is 29.0. The number of nitrogens with zero attached hydrogens (tertiary/aromatic N) is 1. The predicted molar refractivity (Wildman–Crippen MR) is 129 cm³/mol. The summed E-state index contributed by atoms with van der Waals surface area (Å²) in [5, 5.41) is 11.1. The third-order valence-electron chi connectivity index (χ3n) is 7.30. The van der Waals surface area contributed by atoms with E-state index in [0.29, 0.717) is 28.2 Å². The summed E-state index contributed by atoms with van der Waals surface area (Å²) in [5.41, 5.74) is 1.14. The van der Waals surface area contributed by atoms with Gasteiger partial charge in [-0.05, 0) is 73.7 Å². The molecule has 2 amide bonds. The van der Waals surface area contributed by atoms with E-state index in [0.717, 1.165) is 5.57 Å². The minimum absolute atomic E-state index is 0.0519. The molecule has 8 heteroatoms. The van der Waals surface area contributed by atoms with Gasteiger partial charge >= 0.3 is 0 Å². The number of rotatable bonds is 1. The molecule has 1 heterocycles. The van der Waals surface area contributed by atoms with Crippen LogP contribution in [0.3, 0.4) is 0 Å². The van der Waals surface area contributed by atoms with E-state index in [-0.39, 0.29) is 40.0 Å². The number of hydrogen-bond acceptors (Lipinski definition) is 5. The molecule has 4 aliphatic rings. The van der Waals surface area contributed by atoms with Crippen molar-refractivity contribution >= 4 is 50.9 Å². The molecule has 4 unspecified atom stereocenters. The predicted octanol–water partition coefficient (Wildman–Crippen LogP) is 4.61. The molecular formula is C26H23BrClNO5. The van der Waals surface area contributed by atoms with Crippen LogP contribution in [0, 0.1) is 17.8 Å². The standard InChI is InChI=1S/C26H23BrClNO5/c1-26(2,3)29-24(33)13-6-5-12-14(21(13)25(29)34)9-16-22(19(31)10-17(27)23(16)32)20(12)15-8-11(28)4-7-18(15)30/h4-5,7-8,10,13-14,20-21,30H,6,9H2,1-3H3. The molecule has 176 valence electrons. The molecule has 1 aliphatic heterocycles. The fourth-order valence-electron chi connectivity index (χ4n) is 5.98. The maximum absolute atomic E-state index is 13.6. The van der Waals surface area contributed by atoms with Crippen molar-refractivity contribution in [2.75, 3.05) is 0 Å². The molecule has 0 saturated carbocycles. The maximum atomic E-state index is 13.6. The van der Waals surface area contributed by atoms with E-state index in [1.165, 1.54) is 17.0 Å². The first-order chi connectivity index (χ1) is 15.9. The third-order valence-corrected chi connectivity index (χ3v) is 8.13. The van der Waals surface area contributed by atoms with Crippen LogP contribution in [0.15, 0.2) is 51.6 Å². The van der Waals surface area contributed by atoms with Crippen molar-refractivity contribution in [3.05, 3.63) is 62.1 Å². The van der Waals surface area contributed by atoms with Crippen LogP contribution >= 0.6 is 27.5 Å². The molecule has 1 fully saturated rings. The zero-order chi connectivity index (χ0) is 24.7. The van der Waals surface area contributed by atoms with Gasteiger partial charge in [-0.15, -0.1) is 0 Å². The van der Waals surface area contributed by atoms with E-state index in [4.69, 9.17) is 11.6 Å². The van der Waals surface area contributed by atoms with Crippen molar-refractivity contribution in [3.63, 3.8) is 0 Å². The Balaban J connectivity index is 1.71. The lowest BCUT2D eigenvalue weighted by atomic mass is 9.59. The number of phenols is 1. The van der Waals surface area contributed by atoms with Gasteiger partial charge in [0.2, 0.25) is 11.8 Å². The largest absolute Gasteiger partial charge is 0.508 e. The highest BCUT2D eigenvalue weighted by molar-refractivity contribution is 9.12. The number of imide groups is 1. The lowest BCUT2D eigenvalue weighted by Gasteiger charge is -2.42. The Bertz CT molecular complexity index is 1280. The molecule has 4 atom stereocenters. The van der Waals surface area contributed by atoms with Crippen molar-refractivity contribution in [1.29, 1.82) is 0 Å². The molecule has 0 aromatic heterocycles. The van der Waals surface area contributed by atoms with Gasteiger partial charge in [-0.1, -0.05) is 23.3 Å². The third kappa shape index (κ3) is 3.28.